The molecule has 92 valence electrons. The van der Waals surface area contributed by atoms with Gasteiger partial charge in [-0.1, -0.05) is 12.8 Å². The second kappa shape index (κ2) is 5.67. The Bertz CT molecular complexity index is 236. The van der Waals surface area contributed by atoms with E-state index in [1.165, 1.54) is 25.7 Å². The zero-order valence-corrected chi connectivity index (χ0v) is 10.2. The first-order chi connectivity index (χ1) is 7.79. The van der Waals surface area contributed by atoms with Gasteiger partial charge in [0.05, 0.1) is 12.5 Å². The summed E-state index contributed by atoms with van der Waals surface area (Å²) in [7, 11) is 0. The Hall–Kier alpha value is -0.570. The van der Waals surface area contributed by atoms with Gasteiger partial charge in [0.15, 0.2) is 0 Å². The van der Waals surface area contributed by atoms with Gasteiger partial charge in [0, 0.05) is 12.1 Å². The van der Waals surface area contributed by atoms with Crippen molar-refractivity contribution in [2.45, 2.75) is 64.0 Å². The molecule has 0 bridgehead atoms. The monoisotopic (exact) mass is 225 g/mol. The van der Waals surface area contributed by atoms with Crippen molar-refractivity contribution < 1.29 is 9.53 Å². The van der Waals surface area contributed by atoms with E-state index in [-0.39, 0.29) is 11.9 Å². The van der Waals surface area contributed by atoms with Gasteiger partial charge in [-0.15, -0.1) is 0 Å². The lowest BCUT2D eigenvalue weighted by molar-refractivity contribution is -0.147. The number of carbonyl (C=O) groups is 1. The quantitative estimate of drug-likeness (QED) is 0.746. The molecule has 0 heterocycles. The van der Waals surface area contributed by atoms with Crippen molar-refractivity contribution in [2.75, 3.05) is 6.61 Å². The molecule has 0 radical (unpaired) electrons. The van der Waals surface area contributed by atoms with Crippen LogP contribution >= 0.6 is 0 Å². The Morgan fingerprint density at radius 3 is 2.62 bits per heavy atom. The summed E-state index contributed by atoms with van der Waals surface area (Å²) in [6, 6.07) is 1.27. The SMILES string of the molecule is CCOC(=O)C1CCC(NC2CCCC2)C1. The second-order valence-electron chi connectivity index (χ2n) is 5.11. The molecule has 3 nitrogen and oxygen atoms in total. The van der Waals surface area contributed by atoms with Crippen LogP contribution in [-0.2, 0) is 9.53 Å². The van der Waals surface area contributed by atoms with Gasteiger partial charge in [-0.05, 0) is 39.0 Å². The Kier molecular flexibility index (Phi) is 4.22. The molecule has 0 saturated heterocycles. The van der Waals surface area contributed by atoms with Gasteiger partial charge in [0.1, 0.15) is 0 Å². The van der Waals surface area contributed by atoms with Gasteiger partial charge in [0.25, 0.3) is 0 Å². The van der Waals surface area contributed by atoms with Crippen LogP contribution in [-0.4, -0.2) is 24.7 Å². The van der Waals surface area contributed by atoms with Crippen molar-refractivity contribution in [3.05, 3.63) is 0 Å². The van der Waals surface area contributed by atoms with E-state index in [4.69, 9.17) is 4.74 Å². The minimum Gasteiger partial charge on any atom is -0.466 e. The van der Waals surface area contributed by atoms with Crippen LogP contribution in [0.4, 0.5) is 0 Å². The molecule has 2 saturated carbocycles. The molecule has 0 amide bonds. The Balaban J connectivity index is 1.72. The lowest BCUT2D eigenvalue weighted by atomic mass is 10.1. The van der Waals surface area contributed by atoms with Crippen molar-refractivity contribution in [3.63, 3.8) is 0 Å². The maximum absolute atomic E-state index is 11.6. The Morgan fingerprint density at radius 1 is 1.19 bits per heavy atom. The topological polar surface area (TPSA) is 38.3 Å². The number of nitrogens with one attached hydrogen (secondary N) is 1. The smallest absolute Gasteiger partial charge is 0.308 e. The van der Waals surface area contributed by atoms with Crippen LogP contribution in [0.1, 0.15) is 51.9 Å². The highest BCUT2D eigenvalue weighted by molar-refractivity contribution is 5.72. The predicted molar refractivity (Wildman–Crippen MR) is 63.2 cm³/mol. The number of rotatable bonds is 4. The van der Waals surface area contributed by atoms with E-state index in [0.29, 0.717) is 18.7 Å². The summed E-state index contributed by atoms with van der Waals surface area (Å²) in [4.78, 5) is 11.6. The first kappa shape index (κ1) is 11.9. The highest BCUT2D eigenvalue weighted by atomic mass is 16.5. The maximum atomic E-state index is 11.6. The molecule has 1 N–H and O–H groups in total. The third kappa shape index (κ3) is 2.97. The van der Waals surface area contributed by atoms with Crippen LogP contribution in [0, 0.1) is 5.92 Å². The van der Waals surface area contributed by atoms with Gasteiger partial charge in [-0.25, -0.2) is 0 Å². The van der Waals surface area contributed by atoms with Crippen LogP contribution in [0.2, 0.25) is 0 Å². The molecule has 0 aromatic heterocycles. The molecule has 0 aliphatic heterocycles. The molecular weight excluding hydrogens is 202 g/mol. The second-order valence-corrected chi connectivity index (χ2v) is 5.11. The summed E-state index contributed by atoms with van der Waals surface area (Å²) < 4.78 is 5.08. The average Bonchev–Trinajstić information content (AvgIpc) is 2.90. The van der Waals surface area contributed by atoms with Crippen molar-refractivity contribution in [1.82, 2.24) is 5.32 Å². The first-order valence-electron chi connectivity index (χ1n) is 6.72. The van der Waals surface area contributed by atoms with Gasteiger partial charge in [-0.2, -0.15) is 0 Å². The summed E-state index contributed by atoms with van der Waals surface area (Å²) in [5.74, 6) is 0.164. The van der Waals surface area contributed by atoms with Crippen LogP contribution in [0.3, 0.4) is 0 Å². The maximum Gasteiger partial charge on any atom is 0.308 e. The van der Waals surface area contributed by atoms with Crippen molar-refractivity contribution in [3.8, 4) is 0 Å². The van der Waals surface area contributed by atoms with E-state index in [9.17, 15) is 4.79 Å². The third-order valence-corrected chi connectivity index (χ3v) is 3.88. The normalized spacial score (nSPS) is 30.8. The molecule has 2 aliphatic carbocycles. The zero-order valence-electron chi connectivity index (χ0n) is 10.2. The van der Waals surface area contributed by atoms with Crippen LogP contribution in [0.25, 0.3) is 0 Å². The molecule has 2 fully saturated rings. The largest absolute Gasteiger partial charge is 0.466 e. The Morgan fingerprint density at radius 2 is 1.94 bits per heavy atom. The van der Waals surface area contributed by atoms with E-state index in [2.05, 4.69) is 5.32 Å². The van der Waals surface area contributed by atoms with E-state index in [1.807, 2.05) is 6.92 Å². The van der Waals surface area contributed by atoms with E-state index >= 15 is 0 Å². The van der Waals surface area contributed by atoms with E-state index < -0.39 is 0 Å². The van der Waals surface area contributed by atoms with Crippen LogP contribution < -0.4 is 5.32 Å². The minimum atomic E-state index is 0.0122. The fourth-order valence-corrected chi connectivity index (χ4v) is 3.03. The average molecular weight is 225 g/mol. The molecule has 16 heavy (non-hydrogen) atoms. The number of carbonyl (C=O) groups excluding carboxylic acids is 1. The molecule has 0 spiro atoms. The summed E-state index contributed by atoms with van der Waals surface area (Å²) in [6.07, 6.45) is 8.50. The fourth-order valence-electron chi connectivity index (χ4n) is 3.03. The lowest BCUT2D eigenvalue weighted by Gasteiger charge is -2.18. The predicted octanol–water partition coefficient (Wildman–Crippen LogP) is 2.25. The number of esters is 1. The van der Waals surface area contributed by atoms with Crippen molar-refractivity contribution >= 4 is 5.97 Å². The van der Waals surface area contributed by atoms with Crippen molar-refractivity contribution in [1.29, 1.82) is 0 Å². The van der Waals surface area contributed by atoms with Crippen molar-refractivity contribution in [2.24, 2.45) is 5.92 Å². The summed E-state index contributed by atoms with van der Waals surface area (Å²) in [5, 5.41) is 3.70. The van der Waals surface area contributed by atoms with Gasteiger partial charge in [0.2, 0.25) is 0 Å². The number of hydrogen-bond acceptors (Lipinski definition) is 3. The standard InChI is InChI=1S/C13H23NO2/c1-2-16-13(15)10-7-8-12(9-10)14-11-5-3-4-6-11/h10-12,14H,2-9H2,1H3. The number of hydrogen-bond donors (Lipinski definition) is 1. The molecule has 2 unspecified atom stereocenters. The van der Waals surface area contributed by atoms with Gasteiger partial charge >= 0.3 is 5.97 Å². The molecule has 3 heteroatoms. The highest BCUT2D eigenvalue weighted by Crippen LogP contribution is 2.28. The van der Waals surface area contributed by atoms with Crippen LogP contribution in [0.5, 0.6) is 0 Å². The van der Waals surface area contributed by atoms with E-state index in [0.717, 1.165) is 19.3 Å². The molecule has 2 atom stereocenters. The lowest BCUT2D eigenvalue weighted by Crippen LogP contribution is -2.35. The summed E-state index contributed by atoms with van der Waals surface area (Å²) in [6.45, 7) is 2.39. The van der Waals surface area contributed by atoms with Gasteiger partial charge < -0.3 is 10.1 Å². The number of ether oxygens (including phenoxy) is 1. The molecule has 2 aliphatic rings. The third-order valence-electron chi connectivity index (χ3n) is 3.88. The van der Waals surface area contributed by atoms with E-state index in [1.54, 1.807) is 0 Å². The summed E-state index contributed by atoms with van der Waals surface area (Å²) >= 11 is 0. The summed E-state index contributed by atoms with van der Waals surface area (Å²) in [5.41, 5.74) is 0. The molecule has 0 aromatic rings. The highest BCUT2D eigenvalue weighted by Gasteiger charge is 2.32. The molecule has 0 aromatic carbocycles. The van der Waals surface area contributed by atoms with Crippen LogP contribution in [0.15, 0.2) is 0 Å². The van der Waals surface area contributed by atoms with Gasteiger partial charge in [-0.3, -0.25) is 4.79 Å². The minimum absolute atomic E-state index is 0.0122. The molecular formula is C13H23NO2. The Labute approximate surface area is 97.9 Å². The fraction of sp³-hybridized carbons (Fsp3) is 0.923. The zero-order chi connectivity index (χ0) is 11.4. The molecule has 2 rings (SSSR count). The first-order valence-corrected chi connectivity index (χ1v) is 6.72.